The highest BCUT2D eigenvalue weighted by atomic mass is 16.4. The first-order valence-electron chi connectivity index (χ1n) is 9.66. The number of carbonyl (C=O) groups excluding carboxylic acids is 2. The van der Waals surface area contributed by atoms with Crippen LogP contribution in [0.1, 0.15) is 34.5 Å². The number of aryl methyl sites for hydroxylation is 1. The first-order valence-corrected chi connectivity index (χ1v) is 9.66. The number of benzene rings is 1. The highest BCUT2D eigenvalue weighted by Crippen LogP contribution is 2.20. The first-order chi connectivity index (χ1) is 13.8. The molecule has 2 amide bonds. The molecular weight excluding hydrogens is 372 g/mol. The molecule has 3 rings (SSSR count). The topological polar surface area (TPSA) is 95.7 Å². The van der Waals surface area contributed by atoms with Crippen LogP contribution < -0.4 is 0 Å². The van der Waals surface area contributed by atoms with Crippen molar-refractivity contribution in [2.45, 2.75) is 26.7 Å². The number of carboxylic acids is 1. The average molecular weight is 398 g/mol. The number of amides is 2. The van der Waals surface area contributed by atoms with Crippen molar-refractivity contribution in [1.82, 2.24) is 19.6 Å². The molecule has 1 N–H and O–H groups in total. The quantitative estimate of drug-likeness (QED) is 0.830. The fourth-order valence-electron chi connectivity index (χ4n) is 3.62. The van der Waals surface area contributed by atoms with Crippen LogP contribution in [0, 0.1) is 19.8 Å². The highest BCUT2D eigenvalue weighted by molar-refractivity contribution is 5.97. The minimum Gasteiger partial charge on any atom is -0.481 e. The molecule has 1 fully saturated rings. The molecule has 1 aliphatic heterocycles. The first kappa shape index (κ1) is 20.6. The summed E-state index contributed by atoms with van der Waals surface area (Å²) in [6.45, 7) is 4.57. The number of carboxylic acid groups (broad SMARTS) is 1. The Bertz CT molecular complexity index is 929. The average Bonchev–Trinajstić information content (AvgIpc) is 3.08. The SMILES string of the molecule is Cc1ccccc1-n1ncc(C(=O)N(C)CC(=O)N2CCC(C(=O)O)CC2)c1C. The third-order valence-corrected chi connectivity index (χ3v) is 5.50. The number of piperidine rings is 1. The van der Waals surface area contributed by atoms with Crippen LogP contribution in [-0.4, -0.2) is 69.2 Å². The zero-order chi connectivity index (χ0) is 21.1. The van der Waals surface area contributed by atoms with Gasteiger partial charge in [0.25, 0.3) is 5.91 Å². The second-order valence-corrected chi connectivity index (χ2v) is 7.50. The number of hydrogen-bond donors (Lipinski definition) is 1. The number of aromatic nitrogens is 2. The summed E-state index contributed by atoms with van der Waals surface area (Å²) in [5.74, 6) is -1.65. The standard InChI is InChI=1S/C21H26N4O4/c1-14-6-4-5-7-18(14)25-15(2)17(12-22-25)20(27)23(3)13-19(26)24-10-8-16(9-11-24)21(28)29/h4-7,12,16H,8-11,13H2,1-3H3,(H,28,29). The van der Waals surface area contributed by atoms with Crippen LogP contribution in [0.2, 0.25) is 0 Å². The Labute approximate surface area is 169 Å². The van der Waals surface area contributed by atoms with Crippen molar-refractivity contribution >= 4 is 17.8 Å². The number of para-hydroxylation sites is 1. The Morgan fingerprint density at radius 3 is 2.45 bits per heavy atom. The third-order valence-electron chi connectivity index (χ3n) is 5.50. The van der Waals surface area contributed by atoms with Crippen LogP contribution in [0.3, 0.4) is 0 Å². The molecule has 0 spiro atoms. The second-order valence-electron chi connectivity index (χ2n) is 7.50. The van der Waals surface area contributed by atoms with Gasteiger partial charge in [-0.25, -0.2) is 4.68 Å². The summed E-state index contributed by atoms with van der Waals surface area (Å²) >= 11 is 0. The van der Waals surface area contributed by atoms with E-state index in [9.17, 15) is 14.4 Å². The lowest BCUT2D eigenvalue weighted by Crippen LogP contribution is -2.45. The predicted octanol–water partition coefficient (Wildman–Crippen LogP) is 1.88. The highest BCUT2D eigenvalue weighted by Gasteiger charge is 2.28. The lowest BCUT2D eigenvalue weighted by atomic mass is 9.97. The maximum absolute atomic E-state index is 12.9. The van der Waals surface area contributed by atoms with Gasteiger partial charge in [0.1, 0.15) is 0 Å². The van der Waals surface area contributed by atoms with E-state index in [2.05, 4.69) is 5.10 Å². The van der Waals surface area contributed by atoms with Gasteiger partial charge in [-0.2, -0.15) is 5.10 Å². The molecule has 0 bridgehead atoms. The summed E-state index contributed by atoms with van der Waals surface area (Å²) in [4.78, 5) is 39.5. The maximum atomic E-state index is 12.9. The Morgan fingerprint density at radius 1 is 1.17 bits per heavy atom. The summed E-state index contributed by atoms with van der Waals surface area (Å²) in [5.41, 5.74) is 3.12. The van der Waals surface area contributed by atoms with Crippen LogP contribution in [0.4, 0.5) is 0 Å². The van der Waals surface area contributed by atoms with Gasteiger partial charge in [0.05, 0.1) is 35.6 Å². The minimum atomic E-state index is -0.814. The molecule has 1 aromatic heterocycles. The molecule has 154 valence electrons. The summed E-state index contributed by atoms with van der Waals surface area (Å²) in [6.07, 6.45) is 2.42. The summed E-state index contributed by atoms with van der Waals surface area (Å²) in [6, 6.07) is 7.79. The molecular formula is C21H26N4O4. The van der Waals surface area contributed by atoms with Crippen LogP contribution in [-0.2, 0) is 9.59 Å². The zero-order valence-electron chi connectivity index (χ0n) is 17.0. The summed E-state index contributed by atoms with van der Waals surface area (Å²) in [5, 5.41) is 13.4. The van der Waals surface area contributed by atoms with E-state index in [-0.39, 0.29) is 18.4 Å². The molecule has 1 saturated heterocycles. The third kappa shape index (κ3) is 4.31. The van der Waals surface area contributed by atoms with E-state index in [0.29, 0.717) is 37.2 Å². The van der Waals surface area contributed by atoms with Crippen molar-refractivity contribution in [3.63, 3.8) is 0 Å². The van der Waals surface area contributed by atoms with Gasteiger partial charge in [-0.3, -0.25) is 14.4 Å². The molecule has 0 atom stereocenters. The molecule has 8 nitrogen and oxygen atoms in total. The van der Waals surface area contributed by atoms with Gasteiger partial charge in [0.2, 0.25) is 5.91 Å². The normalized spacial score (nSPS) is 14.7. The zero-order valence-corrected chi connectivity index (χ0v) is 17.0. The molecule has 0 unspecified atom stereocenters. The molecule has 2 heterocycles. The Balaban J connectivity index is 1.66. The Hall–Kier alpha value is -3.16. The lowest BCUT2D eigenvalue weighted by molar-refractivity contribution is -0.145. The Kier molecular flexibility index (Phi) is 6.00. The minimum absolute atomic E-state index is 0.0500. The van der Waals surface area contributed by atoms with Crippen LogP contribution in [0.5, 0.6) is 0 Å². The molecule has 0 radical (unpaired) electrons. The van der Waals surface area contributed by atoms with E-state index in [1.165, 1.54) is 11.1 Å². The van der Waals surface area contributed by atoms with Crippen molar-refractivity contribution in [3.05, 3.63) is 47.3 Å². The molecule has 8 heteroatoms. The van der Waals surface area contributed by atoms with Gasteiger partial charge in [0.15, 0.2) is 0 Å². The van der Waals surface area contributed by atoms with Gasteiger partial charge in [-0.15, -0.1) is 0 Å². The van der Waals surface area contributed by atoms with E-state index < -0.39 is 11.9 Å². The molecule has 2 aromatic rings. The van der Waals surface area contributed by atoms with E-state index in [4.69, 9.17) is 5.11 Å². The fraction of sp³-hybridized carbons (Fsp3) is 0.429. The van der Waals surface area contributed by atoms with Crippen LogP contribution in [0.25, 0.3) is 5.69 Å². The van der Waals surface area contributed by atoms with E-state index in [1.807, 2.05) is 38.1 Å². The number of likely N-dealkylation sites (tertiary alicyclic amines) is 1. The van der Waals surface area contributed by atoms with E-state index >= 15 is 0 Å². The van der Waals surface area contributed by atoms with Gasteiger partial charge in [0, 0.05) is 20.1 Å². The van der Waals surface area contributed by atoms with Crippen LogP contribution >= 0.6 is 0 Å². The van der Waals surface area contributed by atoms with Gasteiger partial charge in [-0.05, 0) is 38.3 Å². The summed E-state index contributed by atoms with van der Waals surface area (Å²) in [7, 11) is 1.59. The monoisotopic (exact) mass is 398 g/mol. The molecule has 1 aromatic carbocycles. The van der Waals surface area contributed by atoms with Crippen molar-refractivity contribution in [1.29, 1.82) is 0 Å². The predicted molar refractivity (Wildman–Crippen MR) is 107 cm³/mol. The summed E-state index contributed by atoms with van der Waals surface area (Å²) < 4.78 is 1.73. The molecule has 0 aliphatic carbocycles. The number of hydrogen-bond acceptors (Lipinski definition) is 4. The van der Waals surface area contributed by atoms with Crippen molar-refractivity contribution in [2.24, 2.45) is 5.92 Å². The van der Waals surface area contributed by atoms with Crippen molar-refractivity contribution in [3.8, 4) is 5.69 Å². The number of likely N-dealkylation sites (N-methyl/N-ethyl adjacent to an activating group) is 1. The number of carbonyl (C=O) groups is 3. The van der Waals surface area contributed by atoms with E-state index in [1.54, 1.807) is 16.6 Å². The fourth-order valence-corrected chi connectivity index (χ4v) is 3.62. The van der Waals surface area contributed by atoms with Gasteiger partial charge >= 0.3 is 5.97 Å². The molecule has 1 aliphatic rings. The number of rotatable bonds is 5. The molecule has 29 heavy (non-hydrogen) atoms. The largest absolute Gasteiger partial charge is 0.481 e. The van der Waals surface area contributed by atoms with Crippen LogP contribution in [0.15, 0.2) is 30.5 Å². The van der Waals surface area contributed by atoms with Crippen molar-refractivity contribution < 1.29 is 19.5 Å². The van der Waals surface area contributed by atoms with Gasteiger partial charge < -0.3 is 14.9 Å². The Morgan fingerprint density at radius 2 is 1.83 bits per heavy atom. The molecule has 0 saturated carbocycles. The smallest absolute Gasteiger partial charge is 0.306 e. The number of nitrogens with zero attached hydrogens (tertiary/aromatic N) is 4. The second kappa shape index (κ2) is 8.46. The number of aliphatic carboxylic acids is 1. The van der Waals surface area contributed by atoms with Gasteiger partial charge in [-0.1, -0.05) is 18.2 Å². The maximum Gasteiger partial charge on any atom is 0.306 e. The van der Waals surface area contributed by atoms with E-state index in [0.717, 1.165) is 11.3 Å². The lowest BCUT2D eigenvalue weighted by Gasteiger charge is -2.31. The van der Waals surface area contributed by atoms with Crippen molar-refractivity contribution in [2.75, 3.05) is 26.7 Å².